The fourth-order valence-corrected chi connectivity index (χ4v) is 2.46. The molecular formula is C13H19F3N4O. The number of hydrogen-bond acceptors (Lipinski definition) is 3. The minimum Gasteiger partial charge on any atom is -0.364 e. The maximum Gasteiger partial charge on any atom is 0.391 e. The molecule has 2 rings (SSSR count). The highest BCUT2D eigenvalue weighted by atomic mass is 19.4. The zero-order chi connectivity index (χ0) is 15.3. The van der Waals surface area contributed by atoms with Gasteiger partial charge in [0.05, 0.1) is 12.5 Å². The van der Waals surface area contributed by atoms with Gasteiger partial charge in [-0.25, -0.2) is 0 Å². The molecule has 0 spiro atoms. The lowest BCUT2D eigenvalue weighted by Gasteiger charge is -2.31. The van der Waals surface area contributed by atoms with E-state index in [1.54, 1.807) is 13.1 Å². The molecule has 1 aromatic heterocycles. The minimum absolute atomic E-state index is 0.0205. The van der Waals surface area contributed by atoms with Crippen LogP contribution in [0.3, 0.4) is 0 Å². The zero-order valence-electron chi connectivity index (χ0n) is 11.8. The van der Waals surface area contributed by atoms with Gasteiger partial charge in [0.25, 0.3) is 0 Å². The lowest BCUT2D eigenvalue weighted by Crippen LogP contribution is -2.45. The van der Waals surface area contributed by atoms with Crippen LogP contribution < -0.4 is 10.6 Å². The van der Waals surface area contributed by atoms with Crippen LogP contribution in [0.25, 0.3) is 0 Å². The molecule has 1 aliphatic carbocycles. The van der Waals surface area contributed by atoms with Crippen molar-refractivity contribution < 1.29 is 17.7 Å². The van der Waals surface area contributed by atoms with Crippen molar-refractivity contribution in [3.8, 4) is 0 Å². The van der Waals surface area contributed by atoms with Crippen LogP contribution in [0.5, 0.6) is 0 Å². The van der Waals surface area contributed by atoms with E-state index in [0.29, 0.717) is 25.3 Å². The highest BCUT2D eigenvalue weighted by Crippen LogP contribution is 2.37. The van der Waals surface area contributed by atoms with Crippen molar-refractivity contribution in [2.45, 2.75) is 44.4 Å². The summed E-state index contributed by atoms with van der Waals surface area (Å²) in [5.74, 6) is -0.603. The quantitative estimate of drug-likeness (QED) is 0.665. The van der Waals surface area contributed by atoms with E-state index in [-0.39, 0.29) is 18.9 Å². The van der Waals surface area contributed by atoms with Gasteiger partial charge < -0.3 is 15.2 Å². The summed E-state index contributed by atoms with van der Waals surface area (Å²) in [6, 6.07) is 1.75. The number of nitrogens with zero attached hydrogens (tertiary/aromatic N) is 2. The van der Waals surface area contributed by atoms with E-state index >= 15 is 0 Å². The van der Waals surface area contributed by atoms with Crippen LogP contribution in [-0.4, -0.2) is 30.4 Å². The van der Waals surface area contributed by atoms with Gasteiger partial charge in [0, 0.05) is 19.2 Å². The Morgan fingerprint density at radius 2 is 2.10 bits per heavy atom. The summed E-state index contributed by atoms with van der Waals surface area (Å²) in [5.41, 5.74) is 0.735. The molecule has 1 saturated carbocycles. The molecule has 21 heavy (non-hydrogen) atoms. The third-order valence-electron chi connectivity index (χ3n) is 3.68. The number of hydrogen-bond donors (Lipinski definition) is 2. The average molecular weight is 304 g/mol. The monoisotopic (exact) mass is 304 g/mol. The Balaban J connectivity index is 1.76. The van der Waals surface area contributed by atoms with E-state index in [0.717, 1.165) is 5.69 Å². The summed E-state index contributed by atoms with van der Waals surface area (Å²) in [7, 11) is 1.62. The molecule has 0 bridgehead atoms. The van der Waals surface area contributed by atoms with Crippen molar-refractivity contribution in [1.82, 2.24) is 15.8 Å². The van der Waals surface area contributed by atoms with E-state index in [4.69, 9.17) is 4.52 Å². The normalized spacial score (nSPS) is 23.9. The van der Waals surface area contributed by atoms with Gasteiger partial charge in [0.15, 0.2) is 5.96 Å². The molecule has 0 aromatic carbocycles. The number of alkyl halides is 3. The van der Waals surface area contributed by atoms with E-state index < -0.39 is 12.1 Å². The number of halogens is 3. The first-order valence-electron chi connectivity index (χ1n) is 6.92. The van der Waals surface area contributed by atoms with Crippen molar-refractivity contribution in [3.05, 3.63) is 18.0 Å². The fraction of sp³-hybridized carbons (Fsp3) is 0.692. The fourth-order valence-electron chi connectivity index (χ4n) is 2.46. The second kappa shape index (κ2) is 6.82. The van der Waals surface area contributed by atoms with Crippen molar-refractivity contribution >= 4 is 5.96 Å². The Labute approximate surface area is 121 Å². The Bertz CT molecular complexity index is 450. The van der Waals surface area contributed by atoms with Crippen molar-refractivity contribution in [1.29, 1.82) is 0 Å². The molecule has 5 nitrogen and oxygen atoms in total. The minimum atomic E-state index is -4.07. The average Bonchev–Trinajstić information content (AvgIpc) is 2.96. The number of rotatable bonds is 3. The molecule has 2 N–H and O–H groups in total. The van der Waals surface area contributed by atoms with Crippen LogP contribution in [0.2, 0.25) is 0 Å². The van der Waals surface area contributed by atoms with E-state index in [9.17, 15) is 13.2 Å². The molecule has 0 saturated heterocycles. The Morgan fingerprint density at radius 1 is 1.38 bits per heavy atom. The Hall–Kier alpha value is -1.73. The third-order valence-corrected chi connectivity index (χ3v) is 3.68. The third kappa shape index (κ3) is 4.64. The topological polar surface area (TPSA) is 62.5 Å². The van der Waals surface area contributed by atoms with Gasteiger partial charge >= 0.3 is 6.18 Å². The molecule has 1 fully saturated rings. The molecular weight excluding hydrogens is 285 g/mol. The summed E-state index contributed by atoms with van der Waals surface area (Å²) in [6.07, 6.45) is -1.27. The largest absolute Gasteiger partial charge is 0.391 e. The molecule has 0 amide bonds. The van der Waals surface area contributed by atoms with Gasteiger partial charge in [-0.1, -0.05) is 5.16 Å². The summed E-state index contributed by atoms with van der Waals surface area (Å²) in [4.78, 5) is 4.06. The van der Waals surface area contributed by atoms with Gasteiger partial charge in [-0.2, -0.15) is 13.2 Å². The van der Waals surface area contributed by atoms with Crippen LogP contribution in [0.4, 0.5) is 13.2 Å². The predicted molar refractivity (Wildman–Crippen MR) is 71.6 cm³/mol. The number of aliphatic imine (C=N–C) groups is 1. The van der Waals surface area contributed by atoms with Crippen LogP contribution in [0, 0.1) is 5.92 Å². The molecule has 8 heteroatoms. The van der Waals surface area contributed by atoms with Gasteiger partial charge in [-0.15, -0.1) is 0 Å². The second-order valence-electron chi connectivity index (χ2n) is 5.15. The van der Waals surface area contributed by atoms with Gasteiger partial charge in [0.2, 0.25) is 0 Å². The summed E-state index contributed by atoms with van der Waals surface area (Å²) in [5, 5.41) is 9.97. The first-order valence-corrected chi connectivity index (χ1v) is 6.92. The molecule has 0 unspecified atom stereocenters. The van der Waals surface area contributed by atoms with Crippen LogP contribution in [-0.2, 0) is 6.54 Å². The summed E-state index contributed by atoms with van der Waals surface area (Å²) in [6.45, 7) is 0.452. The maximum atomic E-state index is 12.6. The maximum absolute atomic E-state index is 12.6. The van der Waals surface area contributed by atoms with Crippen LogP contribution >= 0.6 is 0 Å². The van der Waals surface area contributed by atoms with Crippen LogP contribution in [0.15, 0.2) is 21.8 Å². The highest BCUT2D eigenvalue weighted by molar-refractivity contribution is 5.79. The molecule has 1 aromatic rings. The molecule has 1 aliphatic rings. The first kappa shape index (κ1) is 15.7. The van der Waals surface area contributed by atoms with E-state index in [1.165, 1.54) is 6.26 Å². The Morgan fingerprint density at radius 3 is 2.62 bits per heavy atom. The highest BCUT2D eigenvalue weighted by Gasteiger charge is 2.41. The Kier molecular flexibility index (Phi) is 5.08. The van der Waals surface area contributed by atoms with Crippen molar-refractivity contribution in [2.24, 2.45) is 10.9 Å². The smallest absolute Gasteiger partial charge is 0.364 e. The van der Waals surface area contributed by atoms with Crippen molar-refractivity contribution in [2.75, 3.05) is 7.05 Å². The predicted octanol–water partition coefficient (Wildman–Crippen LogP) is 2.46. The standard InChI is InChI=1S/C13H19F3N4O/c1-17-12(18-8-11-6-7-21-20-11)19-10-4-2-9(3-5-10)13(14,15)16/h6-7,9-10H,2-5,8H2,1H3,(H2,17,18,19). The second-order valence-corrected chi connectivity index (χ2v) is 5.15. The number of nitrogens with one attached hydrogen (secondary N) is 2. The molecule has 0 aliphatic heterocycles. The van der Waals surface area contributed by atoms with Gasteiger partial charge in [-0.05, 0) is 25.7 Å². The summed E-state index contributed by atoms with van der Waals surface area (Å²) >= 11 is 0. The number of aromatic nitrogens is 1. The molecule has 0 radical (unpaired) electrons. The molecule has 1 heterocycles. The summed E-state index contributed by atoms with van der Waals surface area (Å²) < 4.78 is 42.5. The van der Waals surface area contributed by atoms with Gasteiger partial charge in [-0.3, -0.25) is 4.99 Å². The lowest BCUT2D eigenvalue weighted by molar-refractivity contribution is -0.182. The lowest BCUT2D eigenvalue weighted by atomic mass is 9.85. The van der Waals surface area contributed by atoms with E-state index in [1.807, 2.05) is 0 Å². The SMILES string of the molecule is CN=C(NCc1ccon1)NC1CCC(C(F)(F)F)CC1. The van der Waals surface area contributed by atoms with Gasteiger partial charge in [0.1, 0.15) is 12.0 Å². The molecule has 0 atom stereocenters. The first-order chi connectivity index (χ1) is 9.99. The molecule has 118 valence electrons. The number of guanidine groups is 1. The van der Waals surface area contributed by atoms with Crippen LogP contribution in [0.1, 0.15) is 31.4 Å². The zero-order valence-corrected chi connectivity index (χ0v) is 11.8. The van der Waals surface area contributed by atoms with Crippen molar-refractivity contribution in [3.63, 3.8) is 0 Å². The van der Waals surface area contributed by atoms with E-state index in [2.05, 4.69) is 20.8 Å².